The lowest BCUT2D eigenvalue weighted by atomic mass is 9.87. The molecular weight excluding hydrogens is 501 g/mol. The quantitative estimate of drug-likeness (QED) is 0.225. The second-order valence-electron chi connectivity index (χ2n) is 8.37. The number of piperidine rings is 1. The van der Waals surface area contributed by atoms with Gasteiger partial charge in [0.05, 0.1) is 6.26 Å². The number of hydrogen-bond acceptors (Lipinski definition) is 4. The molecule has 2 rings (SSSR count). The molecule has 9 heteroatoms. The van der Waals surface area contributed by atoms with E-state index in [4.69, 9.17) is 0 Å². The largest absolute Gasteiger partial charge is 0.371 e. The van der Waals surface area contributed by atoms with Crippen molar-refractivity contribution < 1.29 is 8.42 Å². The van der Waals surface area contributed by atoms with Gasteiger partial charge in [0.25, 0.3) is 0 Å². The first-order chi connectivity index (χ1) is 13.1. The van der Waals surface area contributed by atoms with Crippen LogP contribution in [0.4, 0.5) is 5.69 Å². The van der Waals surface area contributed by atoms with E-state index in [1.807, 2.05) is 0 Å². The van der Waals surface area contributed by atoms with Crippen LogP contribution in [0.3, 0.4) is 0 Å². The maximum Gasteiger partial charge on any atom is 0.208 e. The summed E-state index contributed by atoms with van der Waals surface area (Å²) in [6.07, 6.45) is 3.22. The minimum Gasteiger partial charge on any atom is -0.371 e. The Morgan fingerprint density at radius 2 is 1.72 bits per heavy atom. The zero-order chi connectivity index (χ0) is 20.8. The monoisotopic (exact) mass is 537 g/mol. The van der Waals surface area contributed by atoms with Crippen molar-refractivity contribution in [3.8, 4) is 0 Å². The molecule has 0 atom stereocenters. The highest BCUT2D eigenvalue weighted by Crippen LogP contribution is 2.26. The van der Waals surface area contributed by atoms with Crippen LogP contribution in [0, 0.1) is 0 Å². The lowest BCUT2D eigenvalue weighted by molar-refractivity contribution is 0.461. The van der Waals surface area contributed by atoms with Gasteiger partial charge in [-0.05, 0) is 36.0 Å². The molecule has 29 heavy (non-hydrogen) atoms. The van der Waals surface area contributed by atoms with E-state index in [1.165, 1.54) is 11.3 Å². The van der Waals surface area contributed by atoms with Crippen LogP contribution < -0.4 is 20.3 Å². The maximum atomic E-state index is 11.1. The average molecular weight is 538 g/mol. The number of halogens is 1. The number of anilines is 1. The number of hydrogen-bond donors (Lipinski definition) is 3. The van der Waals surface area contributed by atoms with Crippen LogP contribution in [0.25, 0.3) is 0 Å². The Balaban J connectivity index is 0.00000420. The molecule has 3 N–H and O–H groups in total. The van der Waals surface area contributed by atoms with Crippen molar-refractivity contribution in [2.24, 2.45) is 4.99 Å². The van der Waals surface area contributed by atoms with Gasteiger partial charge in [-0.15, -0.1) is 24.0 Å². The molecule has 0 saturated carbocycles. The summed E-state index contributed by atoms with van der Waals surface area (Å²) in [5.74, 6) is 0.711. The lowest BCUT2D eigenvalue weighted by Crippen LogP contribution is -2.49. The normalized spacial score (nSPS) is 16.3. The Morgan fingerprint density at radius 1 is 1.14 bits per heavy atom. The third-order valence-corrected chi connectivity index (χ3v) is 5.67. The molecule has 0 spiro atoms. The van der Waals surface area contributed by atoms with E-state index < -0.39 is 10.0 Å². The fraction of sp³-hybridized carbons (Fsp3) is 0.650. The van der Waals surface area contributed by atoms with Crippen LogP contribution in [0.2, 0.25) is 0 Å². The lowest BCUT2D eigenvalue weighted by Gasteiger charge is -2.35. The van der Waals surface area contributed by atoms with E-state index in [-0.39, 0.29) is 29.4 Å². The third kappa shape index (κ3) is 9.08. The molecule has 166 valence electrons. The third-order valence-electron chi connectivity index (χ3n) is 4.94. The van der Waals surface area contributed by atoms with Crippen LogP contribution in [0.5, 0.6) is 0 Å². The van der Waals surface area contributed by atoms with Crippen LogP contribution in [-0.2, 0) is 15.4 Å². The van der Waals surface area contributed by atoms with Crippen molar-refractivity contribution in [2.75, 3.05) is 44.4 Å². The van der Waals surface area contributed by atoms with E-state index in [2.05, 4.69) is 70.3 Å². The first-order valence-electron chi connectivity index (χ1n) is 9.86. The van der Waals surface area contributed by atoms with Gasteiger partial charge in [0, 0.05) is 45.0 Å². The van der Waals surface area contributed by atoms with Gasteiger partial charge in [-0.2, -0.15) is 0 Å². The number of rotatable bonds is 6. The van der Waals surface area contributed by atoms with Gasteiger partial charge in [-0.1, -0.05) is 32.9 Å². The van der Waals surface area contributed by atoms with E-state index in [0.717, 1.165) is 32.2 Å². The standard InChI is InChI=1S/C20H35N5O2S.HI/c1-20(2,3)16-6-8-18(9-7-16)25-14-10-17(11-15-25)24-19(21-4)22-12-13-23-28(5,26)27;/h6-9,17,23H,10-15H2,1-5H3,(H2,21,22,24);1H. The van der Waals surface area contributed by atoms with Crippen LogP contribution in [0.15, 0.2) is 29.3 Å². The fourth-order valence-electron chi connectivity index (χ4n) is 3.26. The number of benzene rings is 1. The second kappa shape index (κ2) is 11.4. The minimum atomic E-state index is -3.16. The molecule has 0 radical (unpaired) electrons. The number of guanidine groups is 1. The molecule has 7 nitrogen and oxygen atoms in total. The van der Waals surface area contributed by atoms with Crippen molar-refractivity contribution >= 4 is 45.6 Å². The summed E-state index contributed by atoms with van der Waals surface area (Å²) < 4.78 is 24.6. The van der Waals surface area contributed by atoms with Gasteiger partial charge in [0.1, 0.15) is 0 Å². The van der Waals surface area contributed by atoms with Gasteiger partial charge in [0.15, 0.2) is 5.96 Å². The van der Waals surface area contributed by atoms with Crippen molar-refractivity contribution in [3.05, 3.63) is 29.8 Å². The Morgan fingerprint density at radius 3 is 2.21 bits per heavy atom. The zero-order valence-corrected chi connectivity index (χ0v) is 21.3. The molecule has 1 aromatic rings. The Hall–Kier alpha value is -1.07. The van der Waals surface area contributed by atoms with E-state index in [9.17, 15) is 8.42 Å². The Kier molecular flexibility index (Phi) is 10.2. The van der Waals surface area contributed by atoms with Gasteiger partial charge in [-0.3, -0.25) is 4.99 Å². The minimum absolute atomic E-state index is 0. The summed E-state index contributed by atoms with van der Waals surface area (Å²) in [5, 5.41) is 6.59. The number of nitrogens with zero attached hydrogens (tertiary/aromatic N) is 2. The summed E-state index contributed by atoms with van der Waals surface area (Å²) in [7, 11) is -1.43. The highest BCUT2D eigenvalue weighted by Gasteiger charge is 2.21. The van der Waals surface area contributed by atoms with Crippen molar-refractivity contribution in [1.29, 1.82) is 0 Å². The van der Waals surface area contributed by atoms with Crippen molar-refractivity contribution in [2.45, 2.75) is 45.1 Å². The van der Waals surface area contributed by atoms with Crippen LogP contribution >= 0.6 is 24.0 Å². The number of aliphatic imine (C=N–C) groups is 1. The van der Waals surface area contributed by atoms with E-state index in [1.54, 1.807) is 7.05 Å². The number of nitrogens with one attached hydrogen (secondary N) is 3. The molecular formula is C20H36IN5O2S. The van der Waals surface area contributed by atoms with Gasteiger partial charge >= 0.3 is 0 Å². The van der Waals surface area contributed by atoms with Crippen molar-refractivity contribution in [1.82, 2.24) is 15.4 Å². The highest BCUT2D eigenvalue weighted by molar-refractivity contribution is 14.0. The number of sulfonamides is 1. The maximum absolute atomic E-state index is 11.1. The molecule has 1 fully saturated rings. The molecule has 0 amide bonds. The predicted octanol–water partition coefficient (Wildman–Crippen LogP) is 2.29. The van der Waals surface area contributed by atoms with E-state index >= 15 is 0 Å². The van der Waals surface area contributed by atoms with Gasteiger partial charge < -0.3 is 15.5 Å². The zero-order valence-electron chi connectivity index (χ0n) is 18.2. The Bertz CT molecular complexity index is 752. The first kappa shape index (κ1) is 26.0. The van der Waals surface area contributed by atoms with E-state index in [0.29, 0.717) is 25.1 Å². The molecule has 0 unspecified atom stereocenters. The van der Waals surface area contributed by atoms with Crippen molar-refractivity contribution in [3.63, 3.8) is 0 Å². The molecule has 0 aromatic heterocycles. The first-order valence-corrected chi connectivity index (χ1v) is 11.7. The predicted molar refractivity (Wildman–Crippen MR) is 133 cm³/mol. The summed E-state index contributed by atoms with van der Waals surface area (Å²) in [6, 6.07) is 9.28. The average Bonchev–Trinajstić information content (AvgIpc) is 2.63. The molecule has 1 aromatic carbocycles. The molecule has 1 aliphatic heterocycles. The fourth-order valence-corrected chi connectivity index (χ4v) is 3.73. The second-order valence-corrected chi connectivity index (χ2v) is 10.2. The Labute approximate surface area is 193 Å². The van der Waals surface area contributed by atoms with Crippen LogP contribution in [-0.4, -0.2) is 59.9 Å². The molecule has 0 bridgehead atoms. The topological polar surface area (TPSA) is 85.8 Å². The van der Waals surface area contributed by atoms with Gasteiger partial charge in [0.2, 0.25) is 10.0 Å². The summed E-state index contributed by atoms with van der Waals surface area (Å²) in [4.78, 5) is 6.66. The smallest absolute Gasteiger partial charge is 0.208 e. The van der Waals surface area contributed by atoms with Crippen LogP contribution in [0.1, 0.15) is 39.2 Å². The molecule has 0 aliphatic carbocycles. The molecule has 1 heterocycles. The highest BCUT2D eigenvalue weighted by atomic mass is 127. The molecule has 1 aliphatic rings. The summed E-state index contributed by atoms with van der Waals surface area (Å²) >= 11 is 0. The molecule has 1 saturated heterocycles. The van der Waals surface area contributed by atoms with Gasteiger partial charge in [-0.25, -0.2) is 13.1 Å². The summed E-state index contributed by atoms with van der Waals surface area (Å²) in [6.45, 7) is 9.53. The summed E-state index contributed by atoms with van der Waals surface area (Å²) in [5.41, 5.74) is 2.81. The SMILES string of the molecule is CN=C(NCCNS(C)(=O)=O)NC1CCN(c2ccc(C(C)(C)C)cc2)CC1.I.